The zero-order valence-corrected chi connectivity index (χ0v) is 9.89. The van der Waals surface area contributed by atoms with Crippen LogP contribution in [0.1, 0.15) is 16.1 Å². The van der Waals surface area contributed by atoms with Gasteiger partial charge in [-0.15, -0.1) is 0 Å². The monoisotopic (exact) mass is 283 g/mol. The summed E-state index contributed by atoms with van der Waals surface area (Å²) in [5.74, 6) is -0.568. The van der Waals surface area contributed by atoms with E-state index in [-0.39, 0.29) is 11.3 Å². The topological polar surface area (TPSA) is 78.1 Å². The normalized spacial score (nSPS) is 11.2. The van der Waals surface area contributed by atoms with Gasteiger partial charge in [-0.2, -0.15) is 18.2 Å². The van der Waals surface area contributed by atoms with E-state index in [9.17, 15) is 18.0 Å². The SMILES string of the molecule is NC(=O)c1cccc(Oc2nccc(C(F)(F)F)n2)c1. The summed E-state index contributed by atoms with van der Waals surface area (Å²) in [6.45, 7) is 0. The van der Waals surface area contributed by atoms with Crippen molar-refractivity contribution in [1.29, 1.82) is 0 Å². The molecule has 1 aromatic carbocycles. The molecule has 8 heteroatoms. The number of aromatic nitrogens is 2. The summed E-state index contributed by atoms with van der Waals surface area (Å²) in [4.78, 5) is 17.8. The first-order valence-electron chi connectivity index (χ1n) is 5.34. The van der Waals surface area contributed by atoms with Crippen molar-refractivity contribution in [2.24, 2.45) is 5.73 Å². The van der Waals surface area contributed by atoms with Crippen molar-refractivity contribution in [1.82, 2.24) is 9.97 Å². The predicted octanol–water partition coefficient (Wildman–Crippen LogP) is 2.39. The molecule has 104 valence electrons. The first-order valence-corrected chi connectivity index (χ1v) is 5.34. The molecule has 0 aliphatic rings. The molecule has 0 aliphatic heterocycles. The highest BCUT2D eigenvalue weighted by molar-refractivity contribution is 5.93. The van der Waals surface area contributed by atoms with Gasteiger partial charge in [0.05, 0.1) is 0 Å². The van der Waals surface area contributed by atoms with Crippen molar-refractivity contribution in [3.05, 3.63) is 47.8 Å². The summed E-state index contributed by atoms with van der Waals surface area (Å²) in [5, 5.41) is 0. The van der Waals surface area contributed by atoms with Gasteiger partial charge in [-0.05, 0) is 24.3 Å². The maximum absolute atomic E-state index is 12.5. The smallest absolute Gasteiger partial charge is 0.424 e. The number of halogens is 3. The molecule has 5 nitrogen and oxygen atoms in total. The Morgan fingerprint density at radius 2 is 2.00 bits per heavy atom. The van der Waals surface area contributed by atoms with E-state index in [4.69, 9.17) is 10.5 Å². The zero-order chi connectivity index (χ0) is 14.8. The number of nitrogens with two attached hydrogens (primary N) is 1. The highest BCUT2D eigenvalue weighted by atomic mass is 19.4. The van der Waals surface area contributed by atoms with Crippen LogP contribution < -0.4 is 10.5 Å². The number of carbonyl (C=O) groups excluding carboxylic acids is 1. The van der Waals surface area contributed by atoms with Crippen molar-refractivity contribution >= 4 is 5.91 Å². The van der Waals surface area contributed by atoms with Crippen LogP contribution in [0, 0.1) is 0 Å². The fourth-order valence-electron chi connectivity index (χ4n) is 1.37. The Bertz CT molecular complexity index is 644. The summed E-state index contributed by atoms with van der Waals surface area (Å²) < 4.78 is 42.5. The third-order valence-electron chi connectivity index (χ3n) is 2.25. The van der Waals surface area contributed by atoms with Crippen molar-refractivity contribution in [3.63, 3.8) is 0 Å². The van der Waals surface area contributed by atoms with E-state index in [2.05, 4.69) is 9.97 Å². The molecule has 0 fully saturated rings. The molecule has 2 rings (SSSR count). The van der Waals surface area contributed by atoms with Gasteiger partial charge in [0.2, 0.25) is 5.91 Å². The van der Waals surface area contributed by atoms with Crippen molar-refractivity contribution in [2.75, 3.05) is 0 Å². The van der Waals surface area contributed by atoms with Crippen LogP contribution in [0.4, 0.5) is 13.2 Å². The van der Waals surface area contributed by atoms with E-state index >= 15 is 0 Å². The Morgan fingerprint density at radius 3 is 2.65 bits per heavy atom. The molecule has 0 aliphatic carbocycles. The van der Waals surface area contributed by atoms with Crippen LogP contribution in [0.5, 0.6) is 11.8 Å². The van der Waals surface area contributed by atoms with E-state index in [1.54, 1.807) is 0 Å². The van der Waals surface area contributed by atoms with Gasteiger partial charge in [-0.1, -0.05) is 6.07 Å². The average molecular weight is 283 g/mol. The van der Waals surface area contributed by atoms with Crippen molar-refractivity contribution in [3.8, 4) is 11.8 Å². The van der Waals surface area contributed by atoms with Gasteiger partial charge in [-0.25, -0.2) is 4.98 Å². The first-order chi connectivity index (χ1) is 9.36. The predicted molar refractivity (Wildman–Crippen MR) is 62.1 cm³/mol. The molecule has 20 heavy (non-hydrogen) atoms. The lowest BCUT2D eigenvalue weighted by atomic mass is 10.2. The molecular formula is C12H8F3N3O2. The maximum atomic E-state index is 12.5. The fraction of sp³-hybridized carbons (Fsp3) is 0.0833. The van der Waals surface area contributed by atoms with Crippen LogP contribution in [0.3, 0.4) is 0 Å². The quantitative estimate of drug-likeness (QED) is 0.938. The van der Waals surface area contributed by atoms with Gasteiger partial charge < -0.3 is 10.5 Å². The number of rotatable bonds is 3. The van der Waals surface area contributed by atoms with Gasteiger partial charge in [0, 0.05) is 11.8 Å². The summed E-state index contributed by atoms with van der Waals surface area (Å²) in [6.07, 6.45) is -3.65. The molecule has 0 unspecified atom stereocenters. The Morgan fingerprint density at radius 1 is 1.25 bits per heavy atom. The van der Waals surface area contributed by atoms with E-state index < -0.39 is 23.8 Å². The fourth-order valence-corrected chi connectivity index (χ4v) is 1.37. The number of amides is 1. The second kappa shape index (κ2) is 5.16. The number of primary amides is 1. The van der Waals surface area contributed by atoms with Gasteiger partial charge in [0.25, 0.3) is 0 Å². The maximum Gasteiger partial charge on any atom is 0.433 e. The number of carbonyl (C=O) groups is 1. The highest BCUT2D eigenvalue weighted by Gasteiger charge is 2.33. The molecule has 0 spiro atoms. The summed E-state index contributed by atoms with van der Waals surface area (Å²) in [7, 11) is 0. The standard InChI is InChI=1S/C12H8F3N3O2/c13-12(14,15)9-4-5-17-11(18-9)20-8-3-1-2-7(6-8)10(16)19/h1-6H,(H2,16,19). The Labute approximate surface area is 111 Å². The Kier molecular flexibility index (Phi) is 3.55. The Hall–Kier alpha value is -2.64. The van der Waals surface area contributed by atoms with E-state index in [0.717, 1.165) is 12.3 Å². The van der Waals surface area contributed by atoms with E-state index in [0.29, 0.717) is 0 Å². The van der Waals surface area contributed by atoms with E-state index in [1.807, 2.05) is 0 Å². The average Bonchev–Trinajstić information content (AvgIpc) is 2.38. The van der Waals surface area contributed by atoms with Crippen LogP contribution in [-0.4, -0.2) is 15.9 Å². The number of ether oxygens (including phenoxy) is 1. The molecule has 1 heterocycles. The summed E-state index contributed by atoms with van der Waals surface area (Å²) in [5.41, 5.74) is 4.13. The number of benzene rings is 1. The second-order valence-corrected chi connectivity index (χ2v) is 3.72. The van der Waals surface area contributed by atoms with Gasteiger partial charge in [0.15, 0.2) is 5.69 Å². The molecular weight excluding hydrogens is 275 g/mol. The molecule has 0 saturated carbocycles. The molecule has 0 atom stereocenters. The molecule has 2 N–H and O–H groups in total. The molecule has 1 amide bonds. The van der Waals surface area contributed by atoms with Crippen molar-refractivity contribution in [2.45, 2.75) is 6.18 Å². The lowest BCUT2D eigenvalue weighted by Crippen LogP contribution is -2.11. The third kappa shape index (κ3) is 3.22. The van der Waals surface area contributed by atoms with Crippen molar-refractivity contribution < 1.29 is 22.7 Å². The largest absolute Gasteiger partial charge is 0.433 e. The van der Waals surface area contributed by atoms with Crippen LogP contribution in [0.2, 0.25) is 0 Å². The second-order valence-electron chi connectivity index (χ2n) is 3.72. The molecule has 0 bridgehead atoms. The van der Waals surface area contributed by atoms with E-state index in [1.165, 1.54) is 24.3 Å². The number of hydrogen-bond acceptors (Lipinski definition) is 4. The van der Waals surface area contributed by atoms with Gasteiger partial charge in [0.1, 0.15) is 5.75 Å². The minimum absolute atomic E-state index is 0.112. The molecule has 2 aromatic rings. The number of hydrogen-bond donors (Lipinski definition) is 1. The van der Waals surface area contributed by atoms with Crippen LogP contribution in [0.25, 0.3) is 0 Å². The minimum Gasteiger partial charge on any atom is -0.424 e. The zero-order valence-electron chi connectivity index (χ0n) is 9.89. The van der Waals surface area contributed by atoms with Crippen LogP contribution >= 0.6 is 0 Å². The highest BCUT2D eigenvalue weighted by Crippen LogP contribution is 2.28. The van der Waals surface area contributed by atoms with Gasteiger partial charge >= 0.3 is 12.2 Å². The first kappa shape index (κ1) is 13.8. The number of alkyl halides is 3. The van der Waals surface area contributed by atoms with Crippen LogP contribution in [0.15, 0.2) is 36.5 Å². The third-order valence-corrected chi connectivity index (χ3v) is 2.25. The summed E-state index contributed by atoms with van der Waals surface area (Å²) in [6, 6.07) is 5.90. The Balaban J connectivity index is 2.26. The molecule has 1 aromatic heterocycles. The minimum atomic E-state index is -4.59. The number of nitrogens with zero attached hydrogens (tertiary/aromatic N) is 2. The lowest BCUT2D eigenvalue weighted by Gasteiger charge is -2.08. The molecule has 0 radical (unpaired) electrons. The van der Waals surface area contributed by atoms with Gasteiger partial charge in [-0.3, -0.25) is 4.79 Å². The molecule has 0 saturated heterocycles. The summed E-state index contributed by atoms with van der Waals surface area (Å²) >= 11 is 0. The lowest BCUT2D eigenvalue weighted by molar-refractivity contribution is -0.141. The van der Waals surface area contributed by atoms with Crippen LogP contribution in [-0.2, 0) is 6.18 Å².